The minimum absolute atomic E-state index is 0.166. The predicted molar refractivity (Wildman–Crippen MR) is 103 cm³/mol. The van der Waals surface area contributed by atoms with E-state index in [0.717, 1.165) is 48.7 Å². The molecule has 1 saturated heterocycles. The van der Waals surface area contributed by atoms with E-state index in [2.05, 4.69) is 5.32 Å². The average Bonchev–Trinajstić information content (AvgIpc) is 2.69. The lowest BCUT2D eigenvalue weighted by Gasteiger charge is -2.34. The van der Waals surface area contributed by atoms with Gasteiger partial charge in [0.15, 0.2) is 0 Å². The van der Waals surface area contributed by atoms with Crippen LogP contribution in [0.15, 0.2) is 48.5 Å². The van der Waals surface area contributed by atoms with Crippen LogP contribution in [0.4, 0.5) is 5.69 Å². The van der Waals surface area contributed by atoms with Gasteiger partial charge in [0.2, 0.25) is 5.91 Å². The van der Waals surface area contributed by atoms with Crippen LogP contribution in [0, 0.1) is 0 Å². The van der Waals surface area contributed by atoms with E-state index in [1.807, 2.05) is 53.4 Å². The Morgan fingerprint density at radius 2 is 1.88 bits per heavy atom. The van der Waals surface area contributed by atoms with Crippen LogP contribution in [0.1, 0.15) is 18.4 Å². The molecule has 5 heteroatoms. The maximum atomic E-state index is 12.7. The zero-order valence-electron chi connectivity index (χ0n) is 15.4. The standard InChI is InChI=1S/C21H26N2O3/c1-25-19-10-8-17(9-11-19)22-18-6-4-12-23(15-18)21(24)14-16-5-3-7-20(13-16)26-2/h3,5,7-11,13,18,22H,4,6,12,14-15H2,1-2H3/t18-/m1/s1. The third kappa shape index (κ3) is 4.69. The topological polar surface area (TPSA) is 50.8 Å². The highest BCUT2D eigenvalue weighted by Gasteiger charge is 2.23. The first kappa shape index (κ1) is 18.1. The molecule has 3 rings (SSSR count). The van der Waals surface area contributed by atoms with Crippen molar-refractivity contribution in [2.75, 3.05) is 32.6 Å². The zero-order chi connectivity index (χ0) is 18.4. The quantitative estimate of drug-likeness (QED) is 0.864. The Balaban J connectivity index is 1.57. The van der Waals surface area contributed by atoms with E-state index in [1.165, 1.54) is 0 Å². The number of nitrogens with zero attached hydrogens (tertiary/aromatic N) is 1. The Morgan fingerprint density at radius 3 is 2.62 bits per heavy atom. The number of benzene rings is 2. The minimum atomic E-state index is 0.166. The van der Waals surface area contributed by atoms with Crippen LogP contribution in [-0.2, 0) is 11.2 Å². The van der Waals surface area contributed by atoms with Gasteiger partial charge in [0.1, 0.15) is 11.5 Å². The van der Waals surface area contributed by atoms with Gasteiger partial charge >= 0.3 is 0 Å². The average molecular weight is 354 g/mol. The fourth-order valence-corrected chi connectivity index (χ4v) is 3.31. The summed E-state index contributed by atoms with van der Waals surface area (Å²) in [7, 11) is 3.30. The van der Waals surface area contributed by atoms with E-state index in [1.54, 1.807) is 14.2 Å². The second kappa shape index (κ2) is 8.61. The van der Waals surface area contributed by atoms with Gasteiger partial charge in [-0.1, -0.05) is 12.1 Å². The molecule has 1 atom stereocenters. The first-order valence-electron chi connectivity index (χ1n) is 8.99. The van der Waals surface area contributed by atoms with Gasteiger partial charge < -0.3 is 19.7 Å². The van der Waals surface area contributed by atoms with Gasteiger partial charge in [0.25, 0.3) is 0 Å². The van der Waals surface area contributed by atoms with Crippen molar-refractivity contribution in [3.63, 3.8) is 0 Å². The SMILES string of the molecule is COc1ccc(N[C@@H]2CCCN(C(=O)Cc3cccc(OC)c3)C2)cc1. The number of carbonyl (C=O) groups excluding carboxylic acids is 1. The highest BCUT2D eigenvalue weighted by Crippen LogP contribution is 2.20. The molecule has 0 unspecified atom stereocenters. The molecule has 0 aliphatic carbocycles. The highest BCUT2D eigenvalue weighted by molar-refractivity contribution is 5.79. The van der Waals surface area contributed by atoms with Crippen molar-refractivity contribution in [3.05, 3.63) is 54.1 Å². The Bertz CT molecular complexity index is 730. The molecule has 138 valence electrons. The molecule has 0 radical (unpaired) electrons. The first-order chi connectivity index (χ1) is 12.7. The molecular formula is C21H26N2O3. The number of anilines is 1. The molecule has 1 fully saturated rings. The lowest BCUT2D eigenvalue weighted by atomic mass is 10.0. The van der Waals surface area contributed by atoms with E-state index in [4.69, 9.17) is 9.47 Å². The fourth-order valence-electron chi connectivity index (χ4n) is 3.31. The number of amides is 1. The number of ether oxygens (including phenoxy) is 2. The Kier molecular flexibility index (Phi) is 6.00. The van der Waals surface area contributed by atoms with Crippen LogP contribution in [0.3, 0.4) is 0 Å². The van der Waals surface area contributed by atoms with E-state index >= 15 is 0 Å². The van der Waals surface area contributed by atoms with E-state index in [0.29, 0.717) is 6.42 Å². The molecule has 0 bridgehead atoms. The zero-order valence-corrected chi connectivity index (χ0v) is 15.4. The second-order valence-electron chi connectivity index (χ2n) is 6.58. The number of methoxy groups -OCH3 is 2. The van der Waals surface area contributed by atoms with Crippen molar-refractivity contribution >= 4 is 11.6 Å². The minimum Gasteiger partial charge on any atom is -0.497 e. The molecule has 2 aromatic rings. The Morgan fingerprint density at radius 1 is 1.12 bits per heavy atom. The number of piperidine rings is 1. The maximum Gasteiger partial charge on any atom is 0.227 e. The number of likely N-dealkylation sites (tertiary alicyclic amines) is 1. The van der Waals surface area contributed by atoms with Gasteiger partial charge in [0.05, 0.1) is 20.6 Å². The first-order valence-corrected chi connectivity index (χ1v) is 8.99. The van der Waals surface area contributed by atoms with Crippen LogP contribution in [0.2, 0.25) is 0 Å². The largest absolute Gasteiger partial charge is 0.497 e. The van der Waals surface area contributed by atoms with Crippen molar-refractivity contribution in [2.24, 2.45) is 0 Å². The molecule has 1 aliphatic rings. The smallest absolute Gasteiger partial charge is 0.227 e. The molecule has 0 spiro atoms. The molecule has 5 nitrogen and oxygen atoms in total. The summed E-state index contributed by atoms with van der Waals surface area (Å²) < 4.78 is 10.4. The van der Waals surface area contributed by atoms with Crippen molar-refractivity contribution in [1.82, 2.24) is 4.90 Å². The van der Waals surface area contributed by atoms with Gasteiger partial charge in [0, 0.05) is 24.8 Å². The van der Waals surface area contributed by atoms with Crippen LogP contribution in [-0.4, -0.2) is 44.2 Å². The Hall–Kier alpha value is -2.69. The van der Waals surface area contributed by atoms with Crippen LogP contribution < -0.4 is 14.8 Å². The van der Waals surface area contributed by atoms with Crippen molar-refractivity contribution in [3.8, 4) is 11.5 Å². The number of nitrogens with one attached hydrogen (secondary N) is 1. The normalized spacial score (nSPS) is 16.8. The third-order valence-corrected chi connectivity index (χ3v) is 4.72. The number of hydrogen-bond acceptors (Lipinski definition) is 4. The molecule has 0 saturated carbocycles. The molecule has 2 aromatic carbocycles. The number of rotatable bonds is 6. The van der Waals surface area contributed by atoms with Gasteiger partial charge in [-0.2, -0.15) is 0 Å². The summed E-state index contributed by atoms with van der Waals surface area (Å²) in [6, 6.07) is 15.9. The molecule has 1 N–H and O–H groups in total. The third-order valence-electron chi connectivity index (χ3n) is 4.72. The summed E-state index contributed by atoms with van der Waals surface area (Å²) >= 11 is 0. The van der Waals surface area contributed by atoms with Crippen molar-refractivity contribution in [2.45, 2.75) is 25.3 Å². The molecule has 1 heterocycles. The summed E-state index contributed by atoms with van der Waals surface area (Å²) in [6.45, 7) is 1.55. The summed E-state index contributed by atoms with van der Waals surface area (Å²) in [5, 5.41) is 3.53. The fraction of sp³-hybridized carbons (Fsp3) is 0.381. The predicted octanol–water partition coefficient (Wildman–Crippen LogP) is 3.35. The molecule has 26 heavy (non-hydrogen) atoms. The van der Waals surface area contributed by atoms with E-state index in [-0.39, 0.29) is 11.9 Å². The van der Waals surface area contributed by atoms with Gasteiger partial charge in [-0.15, -0.1) is 0 Å². The summed E-state index contributed by atoms with van der Waals surface area (Å²) in [5.41, 5.74) is 2.04. The van der Waals surface area contributed by atoms with Gasteiger partial charge in [-0.05, 0) is 54.8 Å². The summed E-state index contributed by atoms with van der Waals surface area (Å²) in [5.74, 6) is 1.79. The van der Waals surface area contributed by atoms with Gasteiger partial charge in [-0.3, -0.25) is 4.79 Å². The molecule has 1 amide bonds. The second-order valence-corrected chi connectivity index (χ2v) is 6.58. The van der Waals surface area contributed by atoms with Crippen LogP contribution in [0.25, 0.3) is 0 Å². The lowest BCUT2D eigenvalue weighted by molar-refractivity contribution is -0.131. The van der Waals surface area contributed by atoms with Crippen molar-refractivity contribution in [1.29, 1.82) is 0 Å². The number of carbonyl (C=O) groups is 1. The monoisotopic (exact) mass is 354 g/mol. The Labute approximate surface area is 154 Å². The lowest BCUT2D eigenvalue weighted by Crippen LogP contribution is -2.45. The van der Waals surface area contributed by atoms with Crippen molar-refractivity contribution < 1.29 is 14.3 Å². The van der Waals surface area contributed by atoms with Gasteiger partial charge in [-0.25, -0.2) is 0 Å². The maximum absolute atomic E-state index is 12.7. The van der Waals surface area contributed by atoms with E-state index < -0.39 is 0 Å². The number of hydrogen-bond donors (Lipinski definition) is 1. The molecular weight excluding hydrogens is 328 g/mol. The molecule has 0 aromatic heterocycles. The summed E-state index contributed by atoms with van der Waals surface area (Å²) in [4.78, 5) is 14.7. The molecule has 1 aliphatic heterocycles. The highest BCUT2D eigenvalue weighted by atomic mass is 16.5. The summed E-state index contributed by atoms with van der Waals surface area (Å²) in [6.07, 6.45) is 2.49. The van der Waals surface area contributed by atoms with E-state index in [9.17, 15) is 4.79 Å². The van der Waals surface area contributed by atoms with Crippen LogP contribution in [0.5, 0.6) is 11.5 Å². The van der Waals surface area contributed by atoms with Crippen LogP contribution >= 0.6 is 0 Å².